The van der Waals surface area contributed by atoms with Crippen LogP contribution in [0.5, 0.6) is 0 Å². The van der Waals surface area contributed by atoms with Gasteiger partial charge in [-0.05, 0) is 26.0 Å². The van der Waals surface area contributed by atoms with Gasteiger partial charge < -0.3 is 5.32 Å². The summed E-state index contributed by atoms with van der Waals surface area (Å²) in [4.78, 5) is 10.3. The second-order valence-corrected chi connectivity index (χ2v) is 7.16. The summed E-state index contributed by atoms with van der Waals surface area (Å²) in [6.07, 6.45) is 0.695. The van der Waals surface area contributed by atoms with Crippen molar-refractivity contribution in [3.05, 3.63) is 32.8 Å². The molecule has 1 aliphatic heterocycles. The van der Waals surface area contributed by atoms with Gasteiger partial charge in [-0.25, -0.2) is 8.42 Å². The van der Waals surface area contributed by atoms with Crippen molar-refractivity contribution >= 4 is 39.7 Å². The summed E-state index contributed by atoms with van der Waals surface area (Å²) < 4.78 is 26.5. The van der Waals surface area contributed by atoms with Crippen molar-refractivity contribution in [2.45, 2.75) is 18.2 Å². The first-order chi connectivity index (χ1) is 9.84. The second-order valence-electron chi connectivity index (χ2n) is 4.81. The van der Waals surface area contributed by atoms with Crippen molar-refractivity contribution in [1.29, 1.82) is 0 Å². The van der Waals surface area contributed by atoms with Gasteiger partial charge in [0.1, 0.15) is 0 Å². The first-order valence-corrected chi connectivity index (χ1v) is 8.31. The van der Waals surface area contributed by atoms with E-state index in [1.165, 1.54) is 17.3 Å². The van der Waals surface area contributed by atoms with E-state index < -0.39 is 14.9 Å². The summed E-state index contributed by atoms with van der Waals surface area (Å²) in [5.41, 5.74) is -0.0211. The summed E-state index contributed by atoms with van der Waals surface area (Å²) in [7, 11) is -3.78. The Morgan fingerprint density at radius 1 is 1.32 bits per heavy atom. The molecule has 0 saturated carbocycles. The molecule has 0 unspecified atom stereocenters. The maximum Gasteiger partial charge on any atom is 0.275 e. The molecule has 2 rings (SSSR count). The fourth-order valence-electron chi connectivity index (χ4n) is 2.19. The zero-order chi connectivity index (χ0) is 15.6. The van der Waals surface area contributed by atoms with Crippen molar-refractivity contribution in [1.82, 2.24) is 9.62 Å². The highest BCUT2D eigenvalue weighted by Crippen LogP contribution is 2.31. The van der Waals surface area contributed by atoms with Crippen molar-refractivity contribution in [2.24, 2.45) is 0 Å². The zero-order valence-electron chi connectivity index (χ0n) is 11.9. The number of hydrogen-bond acceptors (Lipinski definition) is 5. The molecule has 1 aliphatic rings. The van der Waals surface area contributed by atoms with Gasteiger partial charge in [0.15, 0.2) is 0 Å². The molecule has 0 atom stereocenters. The molecular weight excluding hydrogens is 353 g/mol. The predicted molar refractivity (Wildman–Crippen MR) is 86.3 cm³/mol. The van der Waals surface area contributed by atoms with E-state index in [0.717, 1.165) is 12.6 Å². The Hall–Kier alpha value is -0.930. The van der Waals surface area contributed by atoms with Gasteiger partial charge in [0.05, 0.1) is 14.8 Å². The van der Waals surface area contributed by atoms with Crippen molar-refractivity contribution < 1.29 is 13.3 Å². The van der Waals surface area contributed by atoms with Gasteiger partial charge in [0.2, 0.25) is 10.0 Å². The third-order valence-electron chi connectivity index (χ3n) is 3.42. The summed E-state index contributed by atoms with van der Waals surface area (Å²) in [5.74, 6) is 0. The van der Waals surface area contributed by atoms with Crippen LogP contribution in [-0.2, 0) is 10.0 Å². The third-order valence-corrected chi connectivity index (χ3v) is 5.69. The minimum atomic E-state index is -3.78. The molecule has 0 aliphatic carbocycles. The Balaban J connectivity index is 0.00000242. The number of nitrogens with zero attached hydrogens (tertiary/aromatic N) is 2. The van der Waals surface area contributed by atoms with Crippen LogP contribution in [0.1, 0.15) is 12.0 Å². The normalized spacial score (nSPS) is 16.6. The standard InChI is InChI=1S/C12H16ClN3O4S.ClH/c1-9-11(13)7-10(8-12(9)16(17)18)21(19,20)15-5-2-3-14-4-6-15;/h7-8,14H,2-6H2,1H3;1H. The molecule has 1 N–H and O–H groups in total. The number of nitro groups is 1. The fourth-order valence-corrected chi connectivity index (χ4v) is 3.99. The Bertz CT molecular complexity index is 659. The summed E-state index contributed by atoms with van der Waals surface area (Å²) in [6.45, 7) is 3.52. The van der Waals surface area contributed by atoms with Crippen LogP contribution in [0.4, 0.5) is 5.69 Å². The lowest BCUT2D eigenvalue weighted by Gasteiger charge is -2.19. The van der Waals surface area contributed by atoms with E-state index >= 15 is 0 Å². The van der Waals surface area contributed by atoms with Crippen LogP contribution in [0.15, 0.2) is 17.0 Å². The molecule has 1 fully saturated rings. The number of sulfonamides is 1. The number of nitro benzene ring substituents is 1. The van der Waals surface area contributed by atoms with Crippen LogP contribution >= 0.6 is 24.0 Å². The SMILES string of the molecule is Cc1c(Cl)cc(S(=O)(=O)N2CCCNCC2)cc1[N+](=O)[O-].Cl. The first-order valence-electron chi connectivity index (χ1n) is 6.49. The Morgan fingerprint density at radius 3 is 2.64 bits per heavy atom. The van der Waals surface area contributed by atoms with E-state index in [9.17, 15) is 18.5 Å². The smallest absolute Gasteiger partial charge is 0.275 e. The molecule has 0 radical (unpaired) electrons. The number of nitrogens with one attached hydrogen (secondary N) is 1. The van der Waals surface area contributed by atoms with Crippen molar-refractivity contribution in [3.8, 4) is 0 Å². The largest absolute Gasteiger partial charge is 0.315 e. The van der Waals surface area contributed by atoms with Crippen LogP contribution < -0.4 is 5.32 Å². The Kier molecular flexibility index (Phi) is 6.57. The fraction of sp³-hybridized carbons (Fsp3) is 0.500. The van der Waals surface area contributed by atoms with Crippen LogP contribution in [0.2, 0.25) is 5.02 Å². The van der Waals surface area contributed by atoms with E-state index in [1.807, 2.05) is 0 Å². The lowest BCUT2D eigenvalue weighted by molar-refractivity contribution is -0.385. The van der Waals surface area contributed by atoms with Crippen LogP contribution in [0.3, 0.4) is 0 Å². The summed E-state index contributed by atoms with van der Waals surface area (Å²) >= 11 is 5.94. The van der Waals surface area contributed by atoms with Gasteiger partial charge in [-0.3, -0.25) is 10.1 Å². The minimum Gasteiger partial charge on any atom is -0.315 e. The maximum atomic E-state index is 12.6. The number of hydrogen-bond donors (Lipinski definition) is 1. The van der Waals surface area contributed by atoms with Gasteiger partial charge in [-0.2, -0.15) is 4.31 Å². The van der Waals surface area contributed by atoms with Gasteiger partial charge in [-0.15, -0.1) is 12.4 Å². The van der Waals surface area contributed by atoms with Gasteiger partial charge in [0.25, 0.3) is 5.69 Å². The van der Waals surface area contributed by atoms with E-state index in [4.69, 9.17) is 11.6 Å². The zero-order valence-corrected chi connectivity index (χ0v) is 14.3. The summed E-state index contributed by atoms with van der Waals surface area (Å²) in [5, 5.41) is 14.2. The highest BCUT2D eigenvalue weighted by Gasteiger charge is 2.28. The average Bonchev–Trinajstić information content (AvgIpc) is 2.70. The molecule has 1 heterocycles. The molecule has 7 nitrogen and oxygen atoms in total. The first kappa shape index (κ1) is 19.1. The second kappa shape index (κ2) is 7.56. The van der Waals surface area contributed by atoms with Crippen molar-refractivity contribution in [3.63, 3.8) is 0 Å². The van der Waals surface area contributed by atoms with E-state index in [1.54, 1.807) is 0 Å². The molecule has 0 spiro atoms. The van der Waals surface area contributed by atoms with Gasteiger partial charge in [0, 0.05) is 31.3 Å². The molecule has 0 bridgehead atoms. The van der Waals surface area contributed by atoms with Crippen LogP contribution in [-0.4, -0.2) is 43.8 Å². The maximum absolute atomic E-state index is 12.6. The van der Waals surface area contributed by atoms with E-state index in [0.29, 0.717) is 26.1 Å². The highest BCUT2D eigenvalue weighted by atomic mass is 35.5. The van der Waals surface area contributed by atoms with E-state index in [-0.39, 0.29) is 33.6 Å². The molecule has 1 aromatic rings. The molecule has 0 amide bonds. The third kappa shape index (κ3) is 3.88. The van der Waals surface area contributed by atoms with Gasteiger partial charge in [-0.1, -0.05) is 11.6 Å². The monoisotopic (exact) mass is 369 g/mol. The highest BCUT2D eigenvalue weighted by molar-refractivity contribution is 7.89. The molecule has 124 valence electrons. The topological polar surface area (TPSA) is 92.6 Å². The molecule has 22 heavy (non-hydrogen) atoms. The number of halogens is 2. The van der Waals surface area contributed by atoms with Gasteiger partial charge >= 0.3 is 0 Å². The molecule has 1 aromatic carbocycles. The Morgan fingerprint density at radius 2 is 2.00 bits per heavy atom. The number of benzene rings is 1. The lowest BCUT2D eigenvalue weighted by atomic mass is 10.2. The van der Waals surface area contributed by atoms with Crippen molar-refractivity contribution in [2.75, 3.05) is 26.2 Å². The minimum absolute atomic E-state index is 0. The van der Waals surface area contributed by atoms with E-state index in [2.05, 4.69) is 5.32 Å². The lowest BCUT2D eigenvalue weighted by Crippen LogP contribution is -2.34. The molecule has 1 saturated heterocycles. The molecule has 0 aromatic heterocycles. The molecule has 10 heteroatoms. The van der Waals surface area contributed by atoms with Crippen LogP contribution in [0.25, 0.3) is 0 Å². The molecular formula is C12H17Cl2N3O4S. The Labute approximate surface area is 140 Å². The number of rotatable bonds is 3. The summed E-state index contributed by atoms with van der Waals surface area (Å²) in [6, 6.07) is 2.35. The predicted octanol–water partition coefficient (Wildman–Crippen LogP) is 1.96. The average molecular weight is 370 g/mol. The quantitative estimate of drug-likeness (QED) is 0.649. The van der Waals surface area contributed by atoms with Crippen LogP contribution in [0, 0.1) is 17.0 Å².